The molecule has 1 spiro atoms. The smallest absolute Gasteiger partial charge is 0.308 e. The van der Waals surface area contributed by atoms with Gasteiger partial charge in [0.05, 0.1) is 18.6 Å². The van der Waals surface area contributed by atoms with Crippen LogP contribution in [0.15, 0.2) is 0 Å². The van der Waals surface area contributed by atoms with Crippen LogP contribution in [-0.2, 0) is 9.53 Å². The van der Waals surface area contributed by atoms with Crippen LogP contribution in [-0.4, -0.2) is 23.8 Å². The molecule has 0 amide bonds. The first kappa shape index (κ1) is 21.7. The van der Waals surface area contributed by atoms with E-state index >= 15 is 0 Å². The normalized spacial score (nSPS) is 53.2. The van der Waals surface area contributed by atoms with Crippen molar-refractivity contribution in [1.82, 2.24) is 0 Å². The van der Waals surface area contributed by atoms with Crippen molar-refractivity contribution in [3.05, 3.63) is 0 Å². The third-order valence-electron chi connectivity index (χ3n) is 11.2. The number of aliphatic hydroxyl groups is 1. The molecule has 4 bridgehead atoms. The topological polar surface area (TPSA) is 46.5 Å². The Hall–Kier alpha value is -0.570. The number of hydrogen-bond acceptors (Lipinski definition) is 3. The van der Waals surface area contributed by atoms with Gasteiger partial charge in [-0.2, -0.15) is 0 Å². The van der Waals surface area contributed by atoms with Gasteiger partial charge in [-0.05, 0) is 104 Å². The largest absolute Gasteiger partial charge is 0.469 e. The molecule has 1 N–H and O–H groups in total. The van der Waals surface area contributed by atoms with Crippen LogP contribution < -0.4 is 0 Å². The fourth-order valence-corrected chi connectivity index (χ4v) is 9.85. The molecule has 3 unspecified atom stereocenters. The van der Waals surface area contributed by atoms with Crippen molar-refractivity contribution in [3.8, 4) is 0 Å². The second-order valence-electron chi connectivity index (χ2n) is 11.7. The van der Waals surface area contributed by atoms with E-state index in [2.05, 4.69) is 20.8 Å². The van der Waals surface area contributed by atoms with E-state index in [1.165, 1.54) is 52.1 Å². The van der Waals surface area contributed by atoms with E-state index in [-0.39, 0.29) is 22.9 Å². The predicted molar refractivity (Wildman–Crippen MR) is 116 cm³/mol. The number of carbonyl (C=O) groups excluding carboxylic acids is 1. The first-order valence-electron chi connectivity index (χ1n) is 12.5. The third-order valence-corrected chi connectivity index (χ3v) is 11.2. The zero-order valence-electron chi connectivity index (χ0n) is 19.7. The summed E-state index contributed by atoms with van der Waals surface area (Å²) in [5, 5.41) is 11.4. The summed E-state index contributed by atoms with van der Waals surface area (Å²) in [5.41, 5.74) is 0.681. The Labute approximate surface area is 178 Å². The van der Waals surface area contributed by atoms with Crippen molar-refractivity contribution in [2.75, 3.05) is 7.11 Å². The van der Waals surface area contributed by atoms with E-state index < -0.39 is 0 Å². The fourth-order valence-electron chi connectivity index (χ4n) is 9.85. The molecule has 9 atom stereocenters. The number of carbonyl (C=O) groups is 1. The van der Waals surface area contributed by atoms with E-state index in [4.69, 9.17) is 4.74 Å². The molecule has 6 saturated carbocycles. The predicted octanol–water partition coefficient (Wildman–Crippen LogP) is 5.99. The summed E-state index contributed by atoms with van der Waals surface area (Å²) in [4.78, 5) is 12.3. The summed E-state index contributed by atoms with van der Waals surface area (Å²) in [5.74, 6) is 2.66. The van der Waals surface area contributed by atoms with Crippen molar-refractivity contribution < 1.29 is 14.6 Å². The van der Waals surface area contributed by atoms with Crippen LogP contribution in [0.3, 0.4) is 0 Å². The molecule has 6 rings (SSSR count). The highest BCUT2D eigenvalue weighted by molar-refractivity contribution is 5.72. The number of esters is 1. The van der Waals surface area contributed by atoms with Gasteiger partial charge in [0.25, 0.3) is 0 Å². The summed E-state index contributed by atoms with van der Waals surface area (Å²) in [6.45, 7) is 11.2. The molecule has 6 aliphatic carbocycles. The van der Waals surface area contributed by atoms with Gasteiger partial charge in [0.15, 0.2) is 0 Å². The van der Waals surface area contributed by atoms with Gasteiger partial charge < -0.3 is 9.84 Å². The molecule has 6 aliphatic rings. The van der Waals surface area contributed by atoms with Crippen LogP contribution in [0.2, 0.25) is 0 Å². The minimum atomic E-state index is -0.383. The van der Waals surface area contributed by atoms with Crippen molar-refractivity contribution in [3.63, 3.8) is 0 Å². The van der Waals surface area contributed by atoms with Crippen LogP contribution in [0.4, 0.5) is 0 Å². The zero-order valence-corrected chi connectivity index (χ0v) is 19.7. The van der Waals surface area contributed by atoms with Crippen molar-refractivity contribution >= 4 is 5.97 Å². The Balaban J connectivity index is 0.000000994. The highest BCUT2D eigenvalue weighted by Gasteiger charge is 2.72. The Bertz CT molecular complexity index is 660. The molecule has 0 aromatic heterocycles. The zero-order chi connectivity index (χ0) is 21.2. The molecule has 6 fully saturated rings. The Morgan fingerprint density at radius 3 is 2.38 bits per heavy atom. The highest BCUT2D eigenvalue weighted by atomic mass is 16.5. The first-order valence-corrected chi connectivity index (χ1v) is 12.5. The lowest BCUT2D eigenvalue weighted by atomic mass is 9.31. The van der Waals surface area contributed by atoms with E-state index in [0.29, 0.717) is 16.7 Å². The van der Waals surface area contributed by atoms with E-state index in [0.717, 1.165) is 37.0 Å². The quantitative estimate of drug-likeness (QED) is 0.575. The molecule has 3 nitrogen and oxygen atoms in total. The molecule has 0 aliphatic heterocycles. The summed E-state index contributed by atoms with van der Waals surface area (Å²) < 4.78 is 5.12. The Kier molecular flexibility index (Phi) is 5.20. The van der Waals surface area contributed by atoms with E-state index in [1.807, 2.05) is 13.8 Å². The summed E-state index contributed by atoms with van der Waals surface area (Å²) in [6.07, 6.45) is 12.0. The number of methoxy groups -OCH3 is 1. The minimum absolute atomic E-state index is 0.0120. The van der Waals surface area contributed by atoms with Crippen molar-refractivity contribution in [2.45, 2.75) is 104 Å². The van der Waals surface area contributed by atoms with Gasteiger partial charge in [-0.3, -0.25) is 4.79 Å². The molecule has 0 saturated heterocycles. The van der Waals surface area contributed by atoms with Gasteiger partial charge in [-0.15, -0.1) is 0 Å². The lowest BCUT2D eigenvalue weighted by Gasteiger charge is -2.74. The minimum Gasteiger partial charge on any atom is -0.469 e. The monoisotopic (exact) mass is 404 g/mol. The summed E-state index contributed by atoms with van der Waals surface area (Å²) in [6, 6.07) is 0. The van der Waals surface area contributed by atoms with Gasteiger partial charge in [-0.25, -0.2) is 0 Å². The van der Waals surface area contributed by atoms with Crippen LogP contribution in [0, 0.1) is 45.8 Å². The number of rotatable bonds is 2. The van der Waals surface area contributed by atoms with Gasteiger partial charge in [0.2, 0.25) is 0 Å². The second-order valence-corrected chi connectivity index (χ2v) is 11.7. The lowest BCUT2D eigenvalue weighted by molar-refractivity contribution is -0.275. The maximum atomic E-state index is 12.3. The molecule has 0 heterocycles. The van der Waals surface area contributed by atoms with Gasteiger partial charge in [-0.1, -0.05) is 34.6 Å². The maximum absolute atomic E-state index is 12.3. The van der Waals surface area contributed by atoms with Crippen LogP contribution in [0.1, 0.15) is 98.8 Å². The van der Waals surface area contributed by atoms with Gasteiger partial charge in [0.1, 0.15) is 0 Å². The maximum Gasteiger partial charge on any atom is 0.308 e. The van der Waals surface area contributed by atoms with Crippen molar-refractivity contribution in [2.24, 2.45) is 45.8 Å². The Morgan fingerprint density at radius 1 is 1.00 bits per heavy atom. The molecule has 3 heteroatoms. The number of hydrogen-bond donors (Lipinski definition) is 1. The third kappa shape index (κ3) is 2.68. The molecular weight excluding hydrogens is 360 g/mol. The molecule has 0 aromatic carbocycles. The molecule has 29 heavy (non-hydrogen) atoms. The SMILES string of the molecule is CC.COC(=O)[C@@H](C)C1CCC2C3CC[C@@H]4C[C@]5(O)CC[C@]4(C)[C@]3(CC[C@@]21C)C5. The lowest BCUT2D eigenvalue weighted by Crippen LogP contribution is -2.69. The standard InChI is InChI=1S/C24H38O3.C2H6/c1-15(20(25)27-4)17-7-8-18-19-6-5-16-13-23(26)11-10-22(16,3)24(19,14-23)12-9-21(17,18)2;1-2/h15-19,26H,5-14H2,1-4H3;1-2H3/t15-,16+,17?,18?,19?,21+,22-,23+,24+;/m0./s1. The van der Waals surface area contributed by atoms with E-state index in [9.17, 15) is 9.90 Å². The Morgan fingerprint density at radius 2 is 1.69 bits per heavy atom. The summed E-state index contributed by atoms with van der Waals surface area (Å²) in [7, 11) is 1.53. The molecular formula is C26H44O3. The van der Waals surface area contributed by atoms with Gasteiger partial charge in [0, 0.05) is 0 Å². The van der Waals surface area contributed by atoms with Crippen LogP contribution in [0.25, 0.3) is 0 Å². The molecule has 166 valence electrons. The average Bonchev–Trinajstić information content (AvgIpc) is 3.05. The number of ether oxygens (including phenoxy) is 1. The average molecular weight is 405 g/mol. The van der Waals surface area contributed by atoms with E-state index in [1.54, 1.807) is 0 Å². The summed E-state index contributed by atoms with van der Waals surface area (Å²) >= 11 is 0. The highest BCUT2D eigenvalue weighted by Crippen LogP contribution is 2.78. The first-order chi connectivity index (χ1) is 13.7. The van der Waals surface area contributed by atoms with Crippen LogP contribution in [0.5, 0.6) is 0 Å². The number of fused-ring (bicyclic) bond motifs is 3. The van der Waals surface area contributed by atoms with Crippen molar-refractivity contribution in [1.29, 1.82) is 0 Å². The van der Waals surface area contributed by atoms with Crippen LogP contribution >= 0.6 is 0 Å². The molecule has 0 radical (unpaired) electrons. The van der Waals surface area contributed by atoms with Gasteiger partial charge >= 0.3 is 5.97 Å². The fraction of sp³-hybridized carbons (Fsp3) is 0.962. The second kappa shape index (κ2) is 6.97. The molecule has 0 aromatic rings.